The molecule has 31 heavy (non-hydrogen) atoms. The monoisotopic (exact) mass is 450 g/mol. The SMILES string of the molecule is CCCCP(c1ccccc1OCOCCOC)c1ccccc1OCOCCOC. The quantitative estimate of drug-likeness (QED) is 0.207. The van der Waals surface area contributed by atoms with E-state index >= 15 is 0 Å². The van der Waals surface area contributed by atoms with Gasteiger partial charge in [0.15, 0.2) is 13.6 Å². The molecule has 0 bridgehead atoms. The lowest BCUT2D eigenvalue weighted by Crippen LogP contribution is -2.20. The van der Waals surface area contributed by atoms with Crippen LogP contribution >= 0.6 is 7.92 Å². The predicted molar refractivity (Wildman–Crippen MR) is 125 cm³/mol. The van der Waals surface area contributed by atoms with Crippen LogP contribution in [0, 0.1) is 0 Å². The minimum atomic E-state index is -0.664. The average Bonchev–Trinajstić information content (AvgIpc) is 2.80. The molecule has 0 fully saturated rings. The van der Waals surface area contributed by atoms with E-state index in [4.69, 9.17) is 28.4 Å². The van der Waals surface area contributed by atoms with Gasteiger partial charge in [-0.3, -0.25) is 0 Å². The number of ether oxygens (including phenoxy) is 6. The topological polar surface area (TPSA) is 55.4 Å². The fraction of sp³-hybridized carbons (Fsp3) is 0.500. The minimum Gasteiger partial charge on any atom is -0.467 e. The molecule has 0 aliphatic rings. The molecule has 2 aromatic carbocycles. The second-order valence-electron chi connectivity index (χ2n) is 6.77. The van der Waals surface area contributed by atoms with E-state index in [0.29, 0.717) is 26.4 Å². The molecule has 0 saturated heterocycles. The number of unbranched alkanes of at least 4 members (excludes halogenated alkanes) is 1. The highest BCUT2D eigenvalue weighted by molar-refractivity contribution is 7.73. The van der Waals surface area contributed by atoms with Crippen LogP contribution in [-0.4, -0.2) is 60.4 Å². The van der Waals surface area contributed by atoms with Crippen molar-refractivity contribution in [1.82, 2.24) is 0 Å². The maximum absolute atomic E-state index is 5.99. The van der Waals surface area contributed by atoms with Crippen LogP contribution in [0.3, 0.4) is 0 Å². The Hall–Kier alpha value is -1.69. The first-order valence-electron chi connectivity index (χ1n) is 10.7. The molecule has 0 heterocycles. The van der Waals surface area contributed by atoms with Crippen molar-refractivity contribution in [1.29, 1.82) is 0 Å². The van der Waals surface area contributed by atoms with Gasteiger partial charge in [0.2, 0.25) is 0 Å². The van der Waals surface area contributed by atoms with Crippen LogP contribution in [0.25, 0.3) is 0 Å². The lowest BCUT2D eigenvalue weighted by Gasteiger charge is -2.23. The Labute approximate surface area is 187 Å². The van der Waals surface area contributed by atoms with Gasteiger partial charge in [-0.2, -0.15) is 0 Å². The summed E-state index contributed by atoms with van der Waals surface area (Å²) in [6.45, 7) is 4.71. The molecular formula is C24H35O6P. The lowest BCUT2D eigenvalue weighted by atomic mass is 10.3. The molecule has 6 nitrogen and oxygen atoms in total. The molecule has 0 atom stereocenters. The molecule has 2 rings (SSSR count). The third kappa shape index (κ3) is 9.14. The van der Waals surface area contributed by atoms with Gasteiger partial charge in [0.1, 0.15) is 11.5 Å². The Bertz CT molecular complexity index is 669. The fourth-order valence-corrected chi connectivity index (χ4v) is 5.62. The summed E-state index contributed by atoms with van der Waals surface area (Å²) >= 11 is 0. The van der Waals surface area contributed by atoms with E-state index in [2.05, 4.69) is 31.2 Å². The van der Waals surface area contributed by atoms with Crippen LogP contribution in [0.4, 0.5) is 0 Å². The summed E-state index contributed by atoms with van der Waals surface area (Å²) in [7, 11) is 2.65. The van der Waals surface area contributed by atoms with Crippen molar-refractivity contribution < 1.29 is 28.4 Å². The van der Waals surface area contributed by atoms with Crippen LogP contribution in [0.2, 0.25) is 0 Å². The Balaban J connectivity index is 2.19. The number of rotatable bonds is 17. The zero-order valence-electron chi connectivity index (χ0n) is 18.9. The largest absolute Gasteiger partial charge is 0.467 e. The van der Waals surface area contributed by atoms with Crippen LogP contribution in [-0.2, 0) is 18.9 Å². The lowest BCUT2D eigenvalue weighted by molar-refractivity contribution is -0.00801. The van der Waals surface area contributed by atoms with Crippen molar-refractivity contribution in [3.63, 3.8) is 0 Å². The van der Waals surface area contributed by atoms with E-state index in [1.165, 1.54) is 10.6 Å². The molecule has 7 heteroatoms. The Morgan fingerprint density at radius 2 is 1.16 bits per heavy atom. The fourth-order valence-electron chi connectivity index (χ4n) is 2.90. The van der Waals surface area contributed by atoms with E-state index < -0.39 is 7.92 Å². The molecule has 0 aromatic heterocycles. The van der Waals surface area contributed by atoms with Crippen molar-refractivity contribution in [2.75, 3.05) is 60.4 Å². The summed E-state index contributed by atoms with van der Waals surface area (Å²) in [5, 5.41) is 2.38. The van der Waals surface area contributed by atoms with Crippen molar-refractivity contribution in [2.24, 2.45) is 0 Å². The summed E-state index contributed by atoms with van der Waals surface area (Å²) in [4.78, 5) is 0. The molecule has 0 aliphatic heterocycles. The van der Waals surface area contributed by atoms with Crippen molar-refractivity contribution in [3.05, 3.63) is 48.5 Å². The molecule has 0 radical (unpaired) electrons. The third-order valence-corrected chi connectivity index (χ3v) is 7.17. The van der Waals surface area contributed by atoms with Crippen molar-refractivity contribution in [2.45, 2.75) is 19.8 Å². The molecule has 0 aliphatic carbocycles. The average molecular weight is 451 g/mol. The zero-order valence-corrected chi connectivity index (χ0v) is 19.8. The summed E-state index contributed by atoms with van der Waals surface area (Å²) in [5.74, 6) is 1.71. The number of methoxy groups -OCH3 is 2. The smallest absolute Gasteiger partial charge is 0.189 e. The highest BCUT2D eigenvalue weighted by atomic mass is 31.1. The summed E-state index contributed by atoms with van der Waals surface area (Å²) in [6.07, 6.45) is 3.32. The second-order valence-corrected chi connectivity index (χ2v) is 9.03. The van der Waals surface area contributed by atoms with E-state index in [1.54, 1.807) is 14.2 Å². The van der Waals surface area contributed by atoms with Gasteiger partial charge in [-0.15, -0.1) is 0 Å². The van der Waals surface area contributed by atoms with Gasteiger partial charge < -0.3 is 28.4 Å². The molecule has 0 unspecified atom stereocenters. The van der Waals surface area contributed by atoms with Crippen LogP contribution < -0.4 is 20.1 Å². The highest BCUT2D eigenvalue weighted by Gasteiger charge is 2.21. The molecular weight excluding hydrogens is 415 g/mol. The predicted octanol–water partition coefficient (Wildman–Crippen LogP) is 3.92. The van der Waals surface area contributed by atoms with E-state index in [0.717, 1.165) is 30.5 Å². The first-order chi connectivity index (χ1) is 15.3. The normalized spacial score (nSPS) is 11.1. The van der Waals surface area contributed by atoms with E-state index in [-0.39, 0.29) is 13.6 Å². The summed E-state index contributed by atoms with van der Waals surface area (Å²) in [6, 6.07) is 16.4. The van der Waals surface area contributed by atoms with Gasteiger partial charge in [-0.25, -0.2) is 0 Å². The number of para-hydroxylation sites is 2. The van der Waals surface area contributed by atoms with Gasteiger partial charge in [0.25, 0.3) is 0 Å². The van der Waals surface area contributed by atoms with Gasteiger partial charge in [0.05, 0.1) is 26.4 Å². The first-order valence-corrected chi connectivity index (χ1v) is 12.2. The van der Waals surface area contributed by atoms with E-state index in [9.17, 15) is 0 Å². The third-order valence-electron chi connectivity index (χ3n) is 4.51. The molecule has 172 valence electrons. The van der Waals surface area contributed by atoms with Gasteiger partial charge in [-0.1, -0.05) is 49.7 Å². The molecule has 2 aromatic rings. The molecule has 0 spiro atoms. The van der Waals surface area contributed by atoms with Gasteiger partial charge in [-0.05, 0) is 32.6 Å². The summed E-state index contributed by atoms with van der Waals surface area (Å²) in [5.41, 5.74) is 0. The Morgan fingerprint density at radius 1 is 0.677 bits per heavy atom. The minimum absolute atomic E-state index is 0.197. The Morgan fingerprint density at radius 3 is 1.61 bits per heavy atom. The maximum Gasteiger partial charge on any atom is 0.189 e. The van der Waals surface area contributed by atoms with E-state index in [1.807, 2.05) is 24.3 Å². The number of hydrogen-bond donors (Lipinski definition) is 0. The van der Waals surface area contributed by atoms with Gasteiger partial charge >= 0.3 is 0 Å². The van der Waals surface area contributed by atoms with Crippen molar-refractivity contribution in [3.8, 4) is 11.5 Å². The summed E-state index contributed by atoms with van der Waals surface area (Å²) < 4.78 is 33.0. The van der Waals surface area contributed by atoms with Crippen LogP contribution in [0.1, 0.15) is 19.8 Å². The van der Waals surface area contributed by atoms with Crippen molar-refractivity contribution >= 4 is 18.5 Å². The number of hydrogen-bond acceptors (Lipinski definition) is 6. The first kappa shape index (κ1) is 25.6. The van der Waals surface area contributed by atoms with Gasteiger partial charge in [0, 0.05) is 24.8 Å². The van der Waals surface area contributed by atoms with Crippen LogP contribution in [0.5, 0.6) is 11.5 Å². The Kier molecular flexibility index (Phi) is 13.2. The highest BCUT2D eigenvalue weighted by Crippen LogP contribution is 2.41. The van der Waals surface area contributed by atoms with Crippen LogP contribution in [0.15, 0.2) is 48.5 Å². The molecule has 0 saturated carbocycles. The molecule has 0 N–H and O–H groups in total. The maximum atomic E-state index is 5.99. The zero-order chi connectivity index (χ0) is 22.2. The number of benzene rings is 2. The second kappa shape index (κ2) is 16.0. The molecule has 0 amide bonds. The standard InChI is InChI=1S/C24H35O6P/c1-4-5-18-31(23-12-8-6-10-21(23)29-19-27-16-14-25-2)24-13-9-7-11-22(24)30-20-28-17-15-26-3/h6-13H,4-5,14-20H2,1-3H3.